The van der Waals surface area contributed by atoms with E-state index in [0.29, 0.717) is 30.6 Å². The second-order valence-corrected chi connectivity index (χ2v) is 10.9. The van der Waals surface area contributed by atoms with Gasteiger partial charge in [0.25, 0.3) is 5.71 Å². The van der Waals surface area contributed by atoms with E-state index >= 15 is 0 Å². The van der Waals surface area contributed by atoms with Crippen molar-refractivity contribution in [2.24, 2.45) is 11.8 Å². The van der Waals surface area contributed by atoms with E-state index in [2.05, 4.69) is 68.1 Å². The van der Waals surface area contributed by atoms with Gasteiger partial charge < -0.3 is 14.3 Å². The Morgan fingerprint density at radius 2 is 1.76 bits per heavy atom. The highest BCUT2D eigenvalue weighted by Crippen LogP contribution is 2.35. The van der Waals surface area contributed by atoms with Crippen molar-refractivity contribution in [2.75, 3.05) is 31.1 Å². The van der Waals surface area contributed by atoms with Gasteiger partial charge in [0.1, 0.15) is 22.7 Å². The van der Waals surface area contributed by atoms with Gasteiger partial charge in [0, 0.05) is 44.1 Å². The van der Waals surface area contributed by atoms with Crippen molar-refractivity contribution < 1.29 is 9.32 Å². The molecule has 2 aromatic heterocycles. The number of hydrogen-bond donors (Lipinski definition) is 0. The minimum Gasteiger partial charge on any atom is -0.352 e. The van der Waals surface area contributed by atoms with Crippen LogP contribution in [0.1, 0.15) is 59.2 Å². The van der Waals surface area contributed by atoms with Crippen LogP contribution in [0.15, 0.2) is 47.0 Å². The first-order valence-electron chi connectivity index (χ1n) is 14.2. The van der Waals surface area contributed by atoms with Crippen molar-refractivity contribution in [3.8, 4) is 11.3 Å². The highest BCUT2D eigenvalue weighted by Gasteiger charge is 2.29. The number of rotatable bonds is 9. The summed E-state index contributed by atoms with van der Waals surface area (Å²) in [5.41, 5.74) is 2.28. The molecule has 3 heterocycles. The number of fused-ring (bicyclic) bond motifs is 2. The molecule has 1 aliphatic heterocycles. The van der Waals surface area contributed by atoms with Crippen LogP contribution in [-0.2, 0) is 11.2 Å². The van der Waals surface area contributed by atoms with Crippen molar-refractivity contribution in [1.29, 1.82) is 0 Å². The molecule has 0 spiro atoms. The lowest BCUT2D eigenvalue weighted by molar-refractivity contribution is -0.136. The van der Waals surface area contributed by atoms with Crippen LogP contribution in [0, 0.1) is 11.8 Å². The van der Waals surface area contributed by atoms with Crippen molar-refractivity contribution in [3.63, 3.8) is 0 Å². The van der Waals surface area contributed by atoms with E-state index in [1.807, 2.05) is 17.0 Å². The summed E-state index contributed by atoms with van der Waals surface area (Å²) in [5.74, 6) is 2.48. The summed E-state index contributed by atoms with van der Waals surface area (Å²) in [7, 11) is 0. The van der Waals surface area contributed by atoms with E-state index < -0.39 is 0 Å². The van der Waals surface area contributed by atoms with Crippen molar-refractivity contribution in [1.82, 2.24) is 20.0 Å². The number of unbranched alkanes of at least 4 members (excludes halogenated alkanes) is 1. The summed E-state index contributed by atoms with van der Waals surface area (Å²) in [4.78, 5) is 27.4. The molecule has 0 aliphatic carbocycles. The molecular formula is C31H39N5O2. The van der Waals surface area contributed by atoms with Crippen LogP contribution >= 0.6 is 0 Å². The quantitative estimate of drug-likeness (QED) is 0.254. The Bertz CT molecular complexity index is 1400. The van der Waals surface area contributed by atoms with Gasteiger partial charge in [0.2, 0.25) is 5.91 Å². The molecule has 7 nitrogen and oxygen atoms in total. The number of hydrogen-bond acceptors (Lipinski definition) is 6. The summed E-state index contributed by atoms with van der Waals surface area (Å²) in [5, 5.41) is 7.67. The van der Waals surface area contributed by atoms with Gasteiger partial charge >= 0.3 is 0 Å². The van der Waals surface area contributed by atoms with Gasteiger partial charge in [-0.15, -0.1) is 0 Å². The van der Waals surface area contributed by atoms with E-state index in [-0.39, 0.29) is 5.92 Å². The monoisotopic (exact) mass is 513 g/mol. The molecular weight excluding hydrogens is 474 g/mol. The third kappa shape index (κ3) is 5.38. The molecule has 1 aliphatic rings. The van der Waals surface area contributed by atoms with Crippen LogP contribution in [0.4, 0.5) is 5.82 Å². The first kappa shape index (κ1) is 26.1. The number of carbonyl (C=O) groups excluding carboxylic acids is 1. The molecule has 4 aromatic rings. The van der Waals surface area contributed by atoms with Crippen molar-refractivity contribution >= 4 is 33.6 Å². The molecule has 1 fully saturated rings. The number of benzene rings is 2. The first-order valence-corrected chi connectivity index (χ1v) is 14.2. The summed E-state index contributed by atoms with van der Waals surface area (Å²) >= 11 is 0. The zero-order valence-electron chi connectivity index (χ0n) is 23.1. The van der Waals surface area contributed by atoms with Crippen LogP contribution < -0.4 is 4.90 Å². The third-order valence-electron chi connectivity index (χ3n) is 7.62. The van der Waals surface area contributed by atoms with E-state index in [4.69, 9.17) is 14.5 Å². The molecule has 200 valence electrons. The standard InChI is InChI=1S/C31H39N5O2/c1-5-7-10-22(6-2)31(37)36-17-15-35(16-18-36)29-27-28(25-14-13-23-11-8-9-12-24(23)20-25)34-38-30(27)33-26(32-29)19-21(3)4/h8-9,11-14,20-22H,5-7,10,15-19H2,1-4H3. The Kier molecular flexibility index (Phi) is 7.91. The number of nitrogens with zero attached hydrogens (tertiary/aromatic N) is 5. The largest absolute Gasteiger partial charge is 0.352 e. The van der Waals surface area contributed by atoms with Gasteiger partial charge in [0.05, 0.1) is 0 Å². The number of carbonyl (C=O) groups is 1. The van der Waals surface area contributed by atoms with E-state index in [1.54, 1.807) is 0 Å². The molecule has 2 aromatic carbocycles. The Morgan fingerprint density at radius 3 is 2.47 bits per heavy atom. The molecule has 1 atom stereocenters. The van der Waals surface area contributed by atoms with Crippen molar-refractivity contribution in [2.45, 2.75) is 59.8 Å². The van der Waals surface area contributed by atoms with Gasteiger partial charge in [-0.1, -0.05) is 82.1 Å². The second kappa shape index (κ2) is 11.5. The van der Waals surface area contributed by atoms with Gasteiger partial charge in [-0.05, 0) is 35.6 Å². The lowest BCUT2D eigenvalue weighted by Gasteiger charge is -2.37. The Morgan fingerprint density at radius 1 is 1.00 bits per heavy atom. The van der Waals surface area contributed by atoms with E-state index in [1.165, 1.54) is 5.39 Å². The Balaban J connectivity index is 1.47. The third-order valence-corrected chi connectivity index (χ3v) is 7.62. The van der Waals surface area contributed by atoms with Gasteiger partial charge in [-0.3, -0.25) is 4.79 Å². The zero-order chi connectivity index (χ0) is 26.6. The Labute approximate surface area is 225 Å². The fourth-order valence-electron chi connectivity index (χ4n) is 5.45. The van der Waals surface area contributed by atoms with Crippen LogP contribution in [0.25, 0.3) is 33.1 Å². The number of aromatic nitrogens is 3. The number of anilines is 1. The smallest absolute Gasteiger partial charge is 0.263 e. The molecule has 0 bridgehead atoms. The number of piperazine rings is 1. The lowest BCUT2D eigenvalue weighted by atomic mass is 9.97. The average molecular weight is 514 g/mol. The summed E-state index contributed by atoms with van der Waals surface area (Å²) in [6.07, 6.45) is 4.88. The molecule has 1 amide bonds. The molecule has 0 radical (unpaired) electrons. The van der Waals surface area contributed by atoms with Crippen molar-refractivity contribution in [3.05, 3.63) is 48.3 Å². The first-order chi connectivity index (χ1) is 18.5. The molecule has 1 saturated heterocycles. The normalized spacial score (nSPS) is 15.1. The maximum absolute atomic E-state index is 13.2. The van der Waals surface area contributed by atoms with E-state index in [0.717, 1.165) is 78.9 Å². The Hall–Kier alpha value is -3.48. The van der Waals surface area contributed by atoms with Crippen LogP contribution in [0.5, 0.6) is 0 Å². The molecule has 0 N–H and O–H groups in total. The predicted octanol–water partition coefficient (Wildman–Crippen LogP) is 6.50. The maximum Gasteiger partial charge on any atom is 0.263 e. The molecule has 5 rings (SSSR count). The second-order valence-electron chi connectivity index (χ2n) is 10.9. The van der Waals surface area contributed by atoms with E-state index in [9.17, 15) is 4.79 Å². The fourth-order valence-corrected chi connectivity index (χ4v) is 5.45. The molecule has 7 heteroatoms. The predicted molar refractivity (Wildman–Crippen MR) is 153 cm³/mol. The minimum atomic E-state index is 0.127. The molecule has 38 heavy (non-hydrogen) atoms. The van der Waals surface area contributed by atoms with Gasteiger partial charge in [-0.25, -0.2) is 4.98 Å². The highest BCUT2D eigenvalue weighted by molar-refractivity contribution is 6.00. The highest BCUT2D eigenvalue weighted by atomic mass is 16.5. The minimum absolute atomic E-state index is 0.127. The maximum atomic E-state index is 13.2. The topological polar surface area (TPSA) is 75.4 Å². The SMILES string of the molecule is CCCCC(CC)C(=O)N1CCN(c2nc(CC(C)C)nc3onc(-c4ccc5ccccc5c4)c23)CC1. The molecule has 1 unspecified atom stereocenters. The zero-order valence-corrected chi connectivity index (χ0v) is 23.1. The van der Waals surface area contributed by atoms with Gasteiger partial charge in [0.15, 0.2) is 0 Å². The number of amides is 1. The average Bonchev–Trinajstić information content (AvgIpc) is 3.36. The molecule has 0 saturated carbocycles. The summed E-state index contributed by atoms with van der Waals surface area (Å²) < 4.78 is 5.82. The van der Waals surface area contributed by atoms with Gasteiger partial charge in [-0.2, -0.15) is 4.98 Å². The van der Waals surface area contributed by atoms with Crippen LogP contribution in [-0.4, -0.2) is 52.1 Å². The summed E-state index contributed by atoms with van der Waals surface area (Å²) in [6, 6.07) is 14.7. The summed E-state index contributed by atoms with van der Waals surface area (Å²) in [6.45, 7) is 11.5. The van der Waals surface area contributed by atoms with Crippen LogP contribution in [0.2, 0.25) is 0 Å². The van der Waals surface area contributed by atoms with Crippen LogP contribution in [0.3, 0.4) is 0 Å². The lowest BCUT2D eigenvalue weighted by Crippen LogP contribution is -2.50. The fraction of sp³-hybridized carbons (Fsp3) is 0.484.